The van der Waals surface area contributed by atoms with Crippen LogP contribution in [0, 0.1) is 20.8 Å². The molecule has 0 aliphatic carbocycles. The van der Waals surface area contributed by atoms with E-state index in [1.54, 1.807) is 0 Å². The minimum atomic E-state index is -0.210. The van der Waals surface area contributed by atoms with E-state index in [2.05, 4.69) is 93.6 Å². The Bertz CT molecular complexity index is 1170. The molecule has 1 unspecified atom stereocenters. The first-order valence-corrected chi connectivity index (χ1v) is 11.3. The summed E-state index contributed by atoms with van der Waals surface area (Å²) >= 11 is 0. The fraction of sp³-hybridized carbons (Fsp3) is 0.241. The summed E-state index contributed by atoms with van der Waals surface area (Å²) in [6.07, 6.45) is 0.966. The van der Waals surface area contributed by atoms with E-state index in [1.165, 1.54) is 23.8 Å². The summed E-state index contributed by atoms with van der Waals surface area (Å²) in [5.41, 5.74) is 8.84. The van der Waals surface area contributed by atoms with Crippen molar-refractivity contribution in [2.45, 2.75) is 39.5 Å². The molecule has 1 heterocycles. The lowest BCUT2D eigenvalue weighted by Crippen LogP contribution is -2.12. The van der Waals surface area contributed by atoms with Crippen LogP contribution >= 0.6 is 0 Å². The standard InChI is InChI=1S/C29H30N2O2/c1-20-8-12-23(13-9-20)28-19-26(30-31(28)27-14-10-21(2)11-15-27)17-25(18-29(32)33-4)24-7-5-6-22(3)16-24/h5-16,19,25H,17-18H2,1-4H3. The van der Waals surface area contributed by atoms with Crippen molar-refractivity contribution in [2.75, 3.05) is 7.11 Å². The zero-order chi connectivity index (χ0) is 23.4. The highest BCUT2D eigenvalue weighted by atomic mass is 16.5. The molecule has 1 aromatic heterocycles. The van der Waals surface area contributed by atoms with Crippen LogP contribution in [-0.4, -0.2) is 22.9 Å². The summed E-state index contributed by atoms with van der Waals surface area (Å²) in [5.74, 6) is -0.220. The first kappa shape index (κ1) is 22.5. The Morgan fingerprint density at radius 3 is 2.18 bits per heavy atom. The van der Waals surface area contributed by atoms with Crippen molar-refractivity contribution in [2.24, 2.45) is 0 Å². The molecule has 0 bridgehead atoms. The molecule has 0 N–H and O–H groups in total. The van der Waals surface area contributed by atoms with Crippen molar-refractivity contribution in [3.05, 3.63) is 107 Å². The molecule has 3 aromatic carbocycles. The van der Waals surface area contributed by atoms with Gasteiger partial charge < -0.3 is 4.74 Å². The Morgan fingerprint density at radius 2 is 1.55 bits per heavy atom. The summed E-state index contributed by atoms with van der Waals surface area (Å²) < 4.78 is 7.00. The maximum absolute atomic E-state index is 12.2. The summed E-state index contributed by atoms with van der Waals surface area (Å²) in [5, 5.41) is 4.99. The van der Waals surface area contributed by atoms with Crippen LogP contribution in [0.1, 0.15) is 40.3 Å². The molecule has 0 fully saturated rings. The van der Waals surface area contributed by atoms with Gasteiger partial charge in [0.2, 0.25) is 0 Å². The monoisotopic (exact) mass is 438 g/mol. The third-order valence-corrected chi connectivity index (χ3v) is 6.00. The van der Waals surface area contributed by atoms with Crippen molar-refractivity contribution in [1.29, 1.82) is 0 Å². The molecule has 33 heavy (non-hydrogen) atoms. The third-order valence-electron chi connectivity index (χ3n) is 6.00. The lowest BCUT2D eigenvalue weighted by molar-refractivity contribution is -0.141. The van der Waals surface area contributed by atoms with E-state index in [1.807, 2.05) is 10.7 Å². The van der Waals surface area contributed by atoms with Crippen LogP contribution in [0.4, 0.5) is 0 Å². The molecule has 4 nitrogen and oxygen atoms in total. The average Bonchev–Trinajstić information content (AvgIpc) is 3.23. The van der Waals surface area contributed by atoms with E-state index in [9.17, 15) is 4.79 Å². The fourth-order valence-electron chi connectivity index (χ4n) is 4.11. The van der Waals surface area contributed by atoms with Gasteiger partial charge in [0.1, 0.15) is 0 Å². The Balaban J connectivity index is 1.75. The van der Waals surface area contributed by atoms with Crippen LogP contribution in [0.25, 0.3) is 16.9 Å². The minimum absolute atomic E-state index is 0.00964. The molecule has 4 rings (SSSR count). The number of aromatic nitrogens is 2. The molecule has 0 aliphatic rings. The molecule has 0 spiro atoms. The maximum Gasteiger partial charge on any atom is 0.306 e. The van der Waals surface area contributed by atoms with Gasteiger partial charge in [0.05, 0.1) is 30.6 Å². The van der Waals surface area contributed by atoms with Gasteiger partial charge >= 0.3 is 5.97 Å². The van der Waals surface area contributed by atoms with Crippen LogP contribution in [0.3, 0.4) is 0 Å². The summed E-state index contributed by atoms with van der Waals surface area (Å²) in [6, 6.07) is 27.4. The molecule has 1 atom stereocenters. The quantitative estimate of drug-likeness (QED) is 0.316. The second kappa shape index (κ2) is 9.86. The second-order valence-electron chi connectivity index (χ2n) is 8.73. The predicted octanol–water partition coefficient (Wildman–Crippen LogP) is 6.35. The number of hydrogen-bond acceptors (Lipinski definition) is 3. The van der Waals surface area contributed by atoms with Crippen LogP contribution in [0.15, 0.2) is 78.9 Å². The number of carbonyl (C=O) groups is 1. The molecule has 4 aromatic rings. The normalized spacial score (nSPS) is 11.9. The van der Waals surface area contributed by atoms with E-state index >= 15 is 0 Å². The molecule has 168 valence electrons. The van der Waals surface area contributed by atoms with Crippen LogP contribution in [0.2, 0.25) is 0 Å². The Kier molecular flexibility index (Phi) is 6.74. The molecule has 0 saturated heterocycles. The summed E-state index contributed by atoms with van der Waals surface area (Å²) in [7, 11) is 1.44. The molecular weight excluding hydrogens is 408 g/mol. The van der Waals surface area contributed by atoms with E-state index in [0.29, 0.717) is 12.8 Å². The zero-order valence-electron chi connectivity index (χ0n) is 19.7. The molecule has 0 radical (unpaired) electrons. The van der Waals surface area contributed by atoms with Gasteiger partial charge in [-0.15, -0.1) is 0 Å². The third kappa shape index (κ3) is 5.40. The smallest absolute Gasteiger partial charge is 0.306 e. The number of rotatable bonds is 7. The number of ether oxygens (including phenoxy) is 1. The van der Waals surface area contributed by atoms with Crippen molar-refractivity contribution >= 4 is 5.97 Å². The number of hydrogen-bond donors (Lipinski definition) is 0. The molecular formula is C29H30N2O2. The molecule has 0 amide bonds. The summed E-state index contributed by atoms with van der Waals surface area (Å²) in [6.45, 7) is 6.24. The molecule has 0 saturated carbocycles. The van der Waals surface area contributed by atoms with E-state index < -0.39 is 0 Å². The predicted molar refractivity (Wildman–Crippen MR) is 133 cm³/mol. The number of nitrogens with zero attached hydrogens (tertiary/aromatic N) is 2. The van der Waals surface area contributed by atoms with Gasteiger partial charge in [0.25, 0.3) is 0 Å². The van der Waals surface area contributed by atoms with Crippen LogP contribution in [-0.2, 0) is 16.0 Å². The van der Waals surface area contributed by atoms with E-state index in [0.717, 1.165) is 28.2 Å². The Labute approximate surface area is 195 Å². The van der Waals surface area contributed by atoms with E-state index in [4.69, 9.17) is 9.84 Å². The zero-order valence-corrected chi connectivity index (χ0v) is 19.7. The lowest BCUT2D eigenvalue weighted by Gasteiger charge is -2.16. The summed E-state index contributed by atoms with van der Waals surface area (Å²) in [4.78, 5) is 12.2. The highest BCUT2D eigenvalue weighted by molar-refractivity contribution is 5.70. The Hall–Kier alpha value is -3.66. The average molecular weight is 439 g/mol. The van der Waals surface area contributed by atoms with Gasteiger partial charge in [0, 0.05) is 5.56 Å². The largest absolute Gasteiger partial charge is 0.469 e. The van der Waals surface area contributed by atoms with Crippen molar-refractivity contribution in [1.82, 2.24) is 9.78 Å². The molecule has 0 aliphatic heterocycles. The fourth-order valence-corrected chi connectivity index (χ4v) is 4.11. The number of methoxy groups -OCH3 is 1. The molecule has 4 heteroatoms. The highest BCUT2D eigenvalue weighted by Crippen LogP contribution is 2.30. The SMILES string of the molecule is COC(=O)CC(Cc1cc(-c2ccc(C)cc2)n(-c2ccc(C)cc2)n1)c1cccc(C)c1. The highest BCUT2D eigenvalue weighted by Gasteiger charge is 2.21. The number of aryl methyl sites for hydroxylation is 3. The minimum Gasteiger partial charge on any atom is -0.469 e. The second-order valence-corrected chi connectivity index (χ2v) is 8.73. The first-order valence-electron chi connectivity index (χ1n) is 11.3. The first-order chi connectivity index (χ1) is 15.9. The van der Waals surface area contributed by atoms with E-state index in [-0.39, 0.29) is 11.9 Å². The number of carbonyl (C=O) groups excluding carboxylic acids is 1. The number of benzene rings is 3. The number of esters is 1. The van der Waals surface area contributed by atoms with Gasteiger partial charge in [-0.2, -0.15) is 5.10 Å². The lowest BCUT2D eigenvalue weighted by atomic mass is 9.90. The topological polar surface area (TPSA) is 44.1 Å². The van der Waals surface area contributed by atoms with Crippen molar-refractivity contribution in [3.8, 4) is 16.9 Å². The van der Waals surface area contributed by atoms with Crippen molar-refractivity contribution in [3.63, 3.8) is 0 Å². The maximum atomic E-state index is 12.2. The van der Waals surface area contributed by atoms with Gasteiger partial charge in [0.15, 0.2) is 0 Å². The van der Waals surface area contributed by atoms with Crippen molar-refractivity contribution < 1.29 is 9.53 Å². The van der Waals surface area contributed by atoms with Crippen LogP contribution < -0.4 is 0 Å². The van der Waals surface area contributed by atoms with Gasteiger partial charge in [-0.3, -0.25) is 4.79 Å². The Morgan fingerprint density at radius 1 is 0.879 bits per heavy atom. The van der Waals surface area contributed by atoms with Gasteiger partial charge in [-0.1, -0.05) is 77.4 Å². The van der Waals surface area contributed by atoms with Gasteiger partial charge in [-0.05, 0) is 56.9 Å². The van der Waals surface area contributed by atoms with Crippen LogP contribution in [0.5, 0.6) is 0 Å². The van der Waals surface area contributed by atoms with Gasteiger partial charge in [-0.25, -0.2) is 4.68 Å².